The van der Waals surface area contributed by atoms with Gasteiger partial charge in [0, 0.05) is 44.5 Å². The molecule has 1 N–H and O–H groups in total. The molecule has 3 rings (SSSR count). The van der Waals surface area contributed by atoms with E-state index >= 15 is 0 Å². The van der Waals surface area contributed by atoms with Gasteiger partial charge in [-0.05, 0) is 36.8 Å². The van der Waals surface area contributed by atoms with Gasteiger partial charge in [-0.25, -0.2) is 22.2 Å². The molecule has 0 aliphatic carbocycles. The molecule has 1 fully saturated rings. The lowest BCUT2D eigenvalue weighted by Gasteiger charge is -2.34. The van der Waals surface area contributed by atoms with E-state index in [1.165, 1.54) is 10.4 Å². The van der Waals surface area contributed by atoms with Crippen LogP contribution in [0.2, 0.25) is 0 Å². The summed E-state index contributed by atoms with van der Waals surface area (Å²) in [5, 5.41) is 2.52. The van der Waals surface area contributed by atoms with Crippen LogP contribution in [0, 0.1) is 11.6 Å². The number of rotatable bonds is 7. The van der Waals surface area contributed by atoms with Crippen LogP contribution in [0.4, 0.5) is 14.6 Å². The Morgan fingerprint density at radius 3 is 2.48 bits per heavy atom. The zero-order valence-electron chi connectivity index (χ0n) is 15.7. The Bertz CT molecular complexity index is 949. The Labute approximate surface area is 168 Å². The van der Waals surface area contributed by atoms with E-state index in [-0.39, 0.29) is 24.3 Å². The first-order valence-electron chi connectivity index (χ1n) is 9.24. The molecule has 0 atom stereocenters. The maximum absolute atomic E-state index is 13.2. The topological polar surface area (TPSA) is 82.6 Å². The molecule has 2 aromatic rings. The molecule has 1 amide bonds. The number of piperazine rings is 1. The van der Waals surface area contributed by atoms with Crippen molar-refractivity contribution in [2.75, 3.05) is 43.4 Å². The summed E-state index contributed by atoms with van der Waals surface area (Å²) in [6.45, 7) is 1.98. The van der Waals surface area contributed by atoms with Crippen LogP contribution in [0.5, 0.6) is 0 Å². The molecule has 0 bridgehead atoms. The van der Waals surface area contributed by atoms with Crippen molar-refractivity contribution in [1.29, 1.82) is 0 Å². The second-order valence-electron chi connectivity index (χ2n) is 6.63. The highest BCUT2D eigenvalue weighted by Crippen LogP contribution is 2.15. The summed E-state index contributed by atoms with van der Waals surface area (Å²) in [4.78, 5) is 18.2. The average molecular weight is 424 g/mol. The molecule has 1 aromatic carbocycles. The molecule has 0 unspecified atom stereocenters. The largest absolute Gasteiger partial charge is 0.354 e. The minimum absolute atomic E-state index is 0.0163. The first-order valence-corrected chi connectivity index (χ1v) is 10.8. The van der Waals surface area contributed by atoms with Crippen molar-refractivity contribution in [1.82, 2.24) is 14.6 Å². The molecular weight excluding hydrogens is 402 g/mol. The molecular formula is C19H22F2N4O3S. The standard InChI is InChI=1S/C19H22F2N4O3S/c20-16-6-5-15(14-17(16)21)19(26)23-8-3-13-29(27,28)25-11-9-24(10-12-25)18-4-1-2-7-22-18/h1-2,4-7,14H,3,8-13H2,(H,23,26). The first kappa shape index (κ1) is 21.1. The minimum Gasteiger partial charge on any atom is -0.354 e. The molecule has 0 radical (unpaired) electrons. The molecule has 29 heavy (non-hydrogen) atoms. The van der Waals surface area contributed by atoms with Crippen molar-refractivity contribution >= 4 is 21.7 Å². The van der Waals surface area contributed by atoms with Crippen LogP contribution in [0.1, 0.15) is 16.8 Å². The third-order valence-corrected chi connectivity index (χ3v) is 6.61. The molecule has 2 heterocycles. The quantitative estimate of drug-likeness (QED) is 0.684. The molecule has 10 heteroatoms. The van der Waals surface area contributed by atoms with Crippen LogP contribution in [-0.4, -0.2) is 62.1 Å². The monoisotopic (exact) mass is 424 g/mol. The number of benzene rings is 1. The summed E-state index contributed by atoms with van der Waals surface area (Å²) in [6, 6.07) is 8.46. The number of halogens is 2. The molecule has 0 saturated carbocycles. The highest BCUT2D eigenvalue weighted by Gasteiger charge is 2.27. The van der Waals surface area contributed by atoms with Gasteiger partial charge in [0.05, 0.1) is 5.75 Å². The number of pyridine rings is 1. The smallest absolute Gasteiger partial charge is 0.251 e. The van der Waals surface area contributed by atoms with E-state index in [2.05, 4.69) is 10.3 Å². The number of carbonyl (C=O) groups excluding carboxylic acids is 1. The third-order valence-electron chi connectivity index (χ3n) is 4.65. The number of aromatic nitrogens is 1. The number of sulfonamides is 1. The van der Waals surface area contributed by atoms with Gasteiger partial charge in [-0.1, -0.05) is 6.07 Å². The Morgan fingerprint density at radius 2 is 1.83 bits per heavy atom. The summed E-state index contributed by atoms with van der Waals surface area (Å²) in [6.07, 6.45) is 1.92. The van der Waals surface area contributed by atoms with E-state index in [1.54, 1.807) is 6.20 Å². The Balaban J connectivity index is 1.43. The fraction of sp³-hybridized carbons (Fsp3) is 0.368. The summed E-state index contributed by atoms with van der Waals surface area (Å²) >= 11 is 0. The highest BCUT2D eigenvalue weighted by atomic mass is 32.2. The molecule has 1 aliphatic rings. The molecule has 1 saturated heterocycles. The van der Waals surface area contributed by atoms with Gasteiger partial charge in [-0.15, -0.1) is 0 Å². The number of nitrogens with one attached hydrogen (secondary N) is 1. The van der Waals surface area contributed by atoms with Gasteiger partial charge < -0.3 is 10.2 Å². The lowest BCUT2D eigenvalue weighted by Crippen LogP contribution is -2.49. The number of hydrogen-bond donors (Lipinski definition) is 1. The van der Waals surface area contributed by atoms with E-state index in [0.29, 0.717) is 26.2 Å². The van der Waals surface area contributed by atoms with Crippen LogP contribution in [-0.2, 0) is 10.0 Å². The van der Waals surface area contributed by atoms with Gasteiger partial charge in [-0.3, -0.25) is 4.79 Å². The van der Waals surface area contributed by atoms with Crippen molar-refractivity contribution < 1.29 is 22.0 Å². The Kier molecular flexibility index (Phi) is 6.75. The van der Waals surface area contributed by atoms with E-state index in [1.807, 2.05) is 23.1 Å². The van der Waals surface area contributed by atoms with Gasteiger partial charge in [0.25, 0.3) is 5.91 Å². The second-order valence-corrected chi connectivity index (χ2v) is 8.72. The van der Waals surface area contributed by atoms with Crippen molar-refractivity contribution in [3.8, 4) is 0 Å². The predicted molar refractivity (Wildman–Crippen MR) is 105 cm³/mol. The van der Waals surface area contributed by atoms with Gasteiger partial charge in [0.2, 0.25) is 10.0 Å². The summed E-state index contributed by atoms with van der Waals surface area (Å²) in [5.41, 5.74) is -0.0163. The fourth-order valence-electron chi connectivity index (χ4n) is 3.06. The molecule has 7 nitrogen and oxygen atoms in total. The summed E-state index contributed by atoms with van der Waals surface area (Å²) < 4.78 is 52.6. The van der Waals surface area contributed by atoms with Crippen molar-refractivity contribution in [3.05, 3.63) is 59.8 Å². The second kappa shape index (κ2) is 9.27. The van der Waals surface area contributed by atoms with Gasteiger partial charge in [-0.2, -0.15) is 4.31 Å². The predicted octanol–water partition coefficient (Wildman–Crippen LogP) is 1.63. The average Bonchev–Trinajstić information content (AvgIpc) is 2.74. The maximum atomic E-state index is 13.2. The summed E-state index contributed by atoms with van der Waals surface area (Å²) in [7, 11) is -3.44. The van der Waals surface area contributed by atoms with E-state index in [9.17, 15) is 22.0 Å². The molecule has 156 valence electrons. The lowest BCUT2D eigenvalue weighted by atomic mass is 10.2. The number of amides is 1. The number of nitrogens with zero attached hydrogens (tertiary/aromatic N) is 3. The molecule has 1 aliphatic heterocycles. The highest BCUT2D eigenvalue weighted by molar-refractivity contribution is 7.89. The van der Waals surface area contributed by atoms with Crippen molar-refractivity contribution in [2.24, 2.45) is 0 Å². The zero-order chi connectivity index (χ0) is 20.9. The Morgan fingerprint density at radius 1 is 1.07 bits per heavy atom. The Hall–Kier alpha value is -2.59. The SMILES string of the molecule is O=C(NCCCS(=O)(=O)N1CCN(c2ccccn2)CC1)c1ccc(F)c(F)c1. The van der Waals surface area contributed by atoms with E-state index in [4.69, 9.17) is 0 Å². The lowest BCUT2D eigenvalue weighted by molar-refractivity contribution is 0.0953. The number of hydrogen-bond acceptors (Lipinski definition) is 5. The number of anilines is 1. The minimum atomic E-state index is -3.44. The maximum Gasteiger partial charge on any atom is 0.251 e. The molecule has 0 spiro atoms. The van der Waals surface area contributed by atoms with Crippen LogP contribution in [0.25, 0.3) is 0 Å². The van der Waals surface area contributed by atoms with Crippen LogP contribution in [0.3, 0.4) is 0 Å². The van der Waals surface area contributed by atoms with E-state index < -0.39 is 27.6 Å². The van der Waals surface area contributed by atoms with Crippen molar-refractivity contribution in [3.63, 3.8) is 0 Å². The first-order chi connectivity index (χ1) is 13.9. The van der Waals surface area contributed by atoms with Crippen LogP contribution in [0.15, 0.2) is 42.6 Å². The van der Waals surface area contributed by atoms with Crippen LogP contribution >= 0.6 is 0 Å². The fourth-order valence-corrected chi connectivity index (χ4v) is 4.55. The number of carbonyl (C=O) groups is 1. The van der Waals surface area contributed by atoms with E-state index in [0.717, 1.165) is 18.0 Å². The molecule has 1 aromatic heterocycles. The van der Waals surface area contributed by atoms with Crippen LogP contribution < -0.4 is 10.2 Å². The zero-order valence-corrected chi connectivity index (χ0v) is 16.5. The van der Waals surface area contributed by atoms with Crippen molar-refractivity contribution in [2.45, 2.75) is 6.42 Å². The normalized spacial score (nSPS) is 15.3. The van der Waals surface area contributed by atoms with Gasteiger partial charge in [0.1, 0.15) is 5.82 Å². The summed E-state index contributed by atoms with van der Waals surface area (Å²) in [5.74, 6) is -2.00. The third kappa shape index (κ3) is 5.48. The van der Waals surface area contributed by atoms with Gasteiger partial charge >= 0.3 is 0 Å². The van der Waals surface area contributed by atoms with Gasteiger partial charge in [0.15, 0.2) is 11.6 Å².